The second-order valence-electron chi connectivity index (χ2n) is 6.32. The largest absolute Gasteiger partial charge is 0.469 e. The van der Waals surface area contributed by atoms with Crippen LogP contribution in [0.25, 0.3) is 0 Å². The van der Waals surface area contributed by atoms with Crippen molar-refractivity contribution in [2.45, 2.75) is 26.2 Å². The van der Waals surface area contributed by atoms with E-state index in [4.69, 9.17) is 9.15 Å². The van der Waals surface area contributed by atoms with Crippen LogP contribution in [0.1, 0.15) is 31.1 Å². The molecule has 2 aromatic rings. The van der Waals surface area contributed by atoms with Crippen LogP contribution in [0.3, 0.4) is 0 Å². The lowest BCUT2D eigenvalue weighted by molar-refractivity contribution is -0.122. The van der Waals surface area contributed by atoms with Gasteiger partial charge in [0.05, 0.1) is 25.4 Å². The van der Waals surface area contributed by atoms with Gasteiger partial charge < -0.3 is 19.4 Å². The summed E-state index contributed by atoms with van der Waals surface area (Å²) in [6.07, 6.45) is 2.01. The number of nitrogens with one attached hydrogen (secondary N) is 1. The van der Waals surface area contributed by atoms with E-state index in [2.05, 4.69) is 24.1 Å². The third-order valence-corrected chi connectivity index (χ3v) is 4.57. The monoisotopic (exact) mass is 376 g/mol. The van der Waals surface area contributed by atoms with E-state index in [0.717, 1.165) is 31.0 Å². The van der Waals surface area contributed by atoms with Gasteiger partial charge in [-0.3, -0.25) is 4.79 Å². The van der Waals surface area contributed by atoms with Gasteiger partial charge in [0, 0.05) is 19.5 Å². The Balaban J connectivity index is 1.83. The third-order valence-electron chi connectivity index (χ3n) is 4.57. The predicted octanol–water partition coefficient (Wildman–Crippen LogP) is 3.22. The first-order valence-corrected chi connectivity index (χ1v) is 9.49. The second-order valence-corrected chi connectivity index (χ2v) is 6.32. The summed E-state index contributed by atoms with van der Waals surface area (Å²) in [5, 5.41) is 2.91. The molecule has 1 heterocycles. The standard InChI is InChI=1S/C21H29FN2O3/c1-3-24(4-2)12-15-26-14-11-23-21(25)20(16-19-6-5-13-27-19)17-7-9-18(22)10-8-17/h5-10,13,20H,3-4,11-12,14-16H2,1-2H3,(H,23,25). The van der Waals surface area contributed by atoms with E-state index in [1.54, 1.807) is 24.5 Å². The van der Waals surface area contributed by atoms with Gasteiger partial charge in [0.2, 0.25) is 5.91 Å². The highest BCUT2D eigenvalue weighted by atomic mass is 19.1. The first kappa shape index (κ1) is 21.1. The van der Waals surface area contributed by atoms with Gasteiger partial charge in [-0.2, -0.15) is 0 Å². The number of carbonyl (C=O) groups is 1. The average molecular weight is 376 g/mol. The van der Waals surface area contributed by atoms with Gasteiger partial charge >= 0.3 is 0 Å². The maximum atomic E-state index is 13.2. The topological polar surface area (TPSA) is 54.7 Å². The lowest BCUT2D eigenvalue weighted by Gasteiger charge is -2.18. The molecular formula is C21H29FN2O3. The predicted molar refractivity (Wildman–Crippen MR) is 103 cm³/mol. The van der Waals surface area contributed by atoms with Crippen LogP contribution in [0, 0.1) is 5.82 Å². The van der Waals surface area contributed by atoms with Crippen molar-refractivity contribution < 1.29 is 18.3 Å². The van der Waals surface area contributed by atoms with Gasteiger partial charge in [-0.15, -0.1) is 0 Å². The van der Waals surface area contributed by atoms with Crippen molar-refractivity contribution in [3.63, 3.8) is 0 Å². The Hall–Kier alpha value is -2.18. The molecule has 0 radical (unpaired) electrons. The summed E-state index contributed by atoms with van der Waals surface area (Å²) in [5.74, 6) is -0.162. The van der Waals surface area contributed by atoms with Crippen LogP contribution >= 0.6 is 0 Å². The molecule has 148 valence electrons. The molecule has 0 saturated carbocycles. The molecule has 0 bridgehead atoms. The van der Waals surface area contributed by atoms with Crippen molar-refractivity contribution in [1.82, 2.24) is 10.2 Å². The summed E-state index contributed by atoms with van der Waals surface area (Å²) in [7, 11) is 0. The fraction of sp³-hybridized carbons (Fsp3) is 0.476. The minimum absolute atomic E-state index is 0.120. The Labute approximate surface area is 160 Å². The Morgan fingerprint density at radius 3 is 2.56 bits per heavy atom. The molecule has 1 aromatic carbocycles. The number of benzene rings is 1. The molecule has 0 saturated heterocycles. The van der Waals surface area contributed by atoms with E-state index in [1.165, 1.54) is 12.1 Å². The third kappa shape index (κ3) is 7.15. The van der Waals surface area contributed by atoms with Crippen LogP contribution < -0.4 is 5.32 Å². The summed E-state index contributed by atoms with van der Waals surface area (Å²) < 4.78 is 24.2. The zero-order valence-electron chi connectivity index (χ0n) is 16.1. The van der Waals surface area contributed by atoms with Crippen molar-refractivity contribution in [1.29, 1.82) is 0 Å². The number of rotatable bonds is 12. The van der Waals surface area contributed by atoms with E-state index < -0.39 is 5.92 Å². The summed E-state index contributed by atoms with van der Waals surface area (Å²) >= 11 is 0. The Bertz CT molecular complexity index is 655. The van der Waals surface area contributed by atoms with Gasteiger partial charge in [-0.25, -0.2) is 4.39 Å². The van der Waals surface area contributed by atoms with E-state index in [0.29, 0.717) is 26.2 Å². The highest BCUT2D eigenvalue weighted by molar-refractivity contribution is 5.83. The maximum Gasteiger partial charge on any atom is 0.228 e. The minimum Gasteiger partial charge on any atom is -0.469 e. The first-order valence-electron chi connectivity index (χ1n) is 9.49. The molecule has 5 nitrogen and oxygen atoms in total. The van der Waals surface area contributed by atoms with Crippen molar-refractivity contribution in [3.8, 4) is 0 Å². The number of hydrogen-bond donors (Lipinski definition) is 1. The Morgan fingerprint density at radius 1 is 1.19 bits per heavy atom. The number of nitrogens with zero attached hydrogens (tertiary/aromatic N) is 1. The molecule has 1 atom stereocenters. The number of halogens is 1. The fourth-order valence-corrected chi connectivity index (χ4v) is 2.89. The number of ether oxygens (including phenoxy) is 1. The smallest absolute Gasteiger partial charge is 0.228 e. The zero-order chi connectivity index (χ0) is 19.5. The number of hydrogen-bond acceptors (Lipinski definition) is 4. The molecule has 1 amide bonds. The normalized spacial score (nSPS) is 12.3. The van der Waals surface area contributed by atoms with Crippen molar-refractivity contribution >= 4 is 5.91 Å². The van der Waals surface area contributed by atoms with Crippen LogP contribution in [-0.2, 0) is 16.0 Å². The molecular weight excluding hydrogens is 347 g/mol. The molecule has 0 aliphatic carbocycles. The van der Waals surface area contributed by atoms with Crippen molar-refractivity contribution in [2.75, 3.05) is 39.4 Å². The van der Waals surface area contributed by atoms with Gasteiger partial charge in [-0.1, -0.05) is 26.0 Å². The van der Waals surface area contributed by atoms with Crippen LogP contribution in [0.4, 0.5) is 4.39 Å². The van der Waals surface area contributed by atoms with Crippen LogP contribution in [0.15, 0.2) is 47.1 Å². The summed E-state index contributed by atoms with van der Waals surface area (Å²) in [6.45, 7) is 8.68. The highest BCUT2D eigenvalue weighted by Gasteiger charge is 2.22. The molecule has 1 aromatic heterocycles. The van der Waals surface area contributed by atoms with E-state index in [1.807, 2.05) is 6.07 Å². The summed E-state index contributed by atoms with van der Waals surface area (Å²) in [4.78, 5) is 15.0. The molecule has 0 aliphatic rings. The van der Waals surface area contributed by atoms with Crippen molar-refractivity contribution in [3.05, 3.63) is 59.8 Å². The molecule has 0 spiro atoms. The zero-order valence-corrected chi connectivity index (χ0v) is 16.1. The number of amides is 1. The lowest BCUT2D eigenvalue weighted by atomic mass is 9.93. The molecule has 2 rings (SSSR count). The fourth-order valence-electron chi connectivity index (χ4n) is 2.89. The van der Waals surface area contributed by atoms with E-state index in [9.17, 15) is 9.18 Å². The second kappa shape index (κ2) is 11.5. The quantitative estimate of drug-likeness (QED) is 0.578. The van der Waals surface area contributed by atoms with Crippen molar-refractivity contribution in [2.24, 2.45) is 0 Å². The molecule has 0 aliphatic heterocycles. The Morgan fingerprint density at radius 2 is 1.93 bits per heavy atom. The summed E-state index contributed by atoms with van der Waals surface area (Å²) in [6, 6.07) is 9.65. The highest BCUT2D eigenvalue weighted by Crippen LogP contribution is 2.22. The molecule has 1 unspecified atom stereocenters. The summed E-state index contributed by atoms with van der Waals surface area (Å²) in [5.41, 5.74) is 0.757. The molecule has 6 heteroatoms. The van der Waals surface area contributed by atoms with Gasteiger partial charge in [0.25, 0.3) is 0 Å². The molecule has 27 heavy (non-hydrogen) atoms. The van der Waals surface area contributed by atoms with Gasteiger partial charge in [0.1, 0.15) is 11.6 Å². The van der Waals surface area contributed by atoms with Crippen LogP contribution in [0.2, 0.25) is 0 Å². The number of carbonyl (C=O) groups excluding carboxylic acids is 1. The Kier molecular flexibility index (Phi) is 9.01. The van der Waals surface area contributed by atoms with E-state index in [-0.39, 0.29) is 11.7 Å². The van der Waals surface area contributed by atoms with Gasteiger partial charge in [0.15, 0.2) is 0 Å². The van der Waals surface area contributed by atoms with Crippen LogP contribution in [-0.4, -0.2) is 50.2 Å². The lowest BCUT2D eigenvalue weighted by Crippen LogP contribution is -2.34. The minimum atomic E-state index is -0.438. The molecule has 1 N–H and O–H groups in total. The van der Waals surface area contributed by atoms with E-state index >= 15 is 0 Å². The molecule has 0 fully saturated rings. The average Bonchev–Trinajstić information content (AvgIpc) is 3.19. The first-order chi connectivity index (χ1) is 13.1. The number of furan rings is 1. The van der Waals surface area contributed by atoms with Gasteiger partial charge in [-0.05, 0) is 42.9 Å². The number of likely N-dealkylation sites (N-methyl/N-ethyl adjacent to an activating group) is 1. The maximum absolute atomic E-state index is 13.2. The van der Waals surface area contributed by atoms with Crippen LogP contribution in [0.5, 0.6) is 0 Å². The SMILES string of the molecule is CCN(CC)CCOCCNC(=O)C(Cc1ccco1)c1ccc(F)cc1.